The van der Waals surface area contributed by atoms with Gasteiger partial charge in [-0.1, -0.05) is 0 Å². The minimum atomic E-state index is 0.0987. The van der Waals surface area contributed by atoms with Crippen molar-refractivity contribution in [1.29, 1.82) is 0 Å². The fourth-order valence-electron chi connectivity index (χ4n) is 2.08. The van der Waals surface area contributed by atoms with E-state index in [0.29, 0.717) is 18.6 Å². The van der Waals surface area contributed by atoms with E-state index in [4.69, 9.17) is 0 Å². The van der Waals surface area contributed by atoms with Gasteiger partial charge in [-0.3, -0.25) is 4.79 Å². The Morgan fingerprint density at radius 2 is 2.19 bits per heavy atom. The van der Waals surface area contributed by atoms with Gasteiger partial charge in [0.25, 0.3) is 0 Å². The molecule has 0 aliphatic carbocycles. The molecule has 1 saturated heterocycles. The molecule has 0 radical (unpaired) electrons. The largest absolute Gasteiger partial charge is 0.353 e. The van der Waals surface area contributed by atoms with Gasteiger partial charge in [0.15, 0.2) is 0 Å². The van der Waals surface area contributed by atoms with Gasteiger partial charge in [-0.05, 0) is 47.2 Å². The van der Waals surface area contributed by atoms with Gasteiger partial charge in [-0.15, -0.1) is 0 Å². The monoisotopic (exact) mass is 227 g/mol. The van der Waals surface area contributed by atoms with Gasteiger partial charge in [0.1, 0.15) is 0 Å². The molecule has 1 aliphatic rings. The molecule has 0 aromatic rings. The Kier molecular flexibility index (Phi) is 5.22. The summed E-state index contributed by atoms with van der Waals surface area (Å²) in [5.41, 5.74) is 0. The molecule has 2 unspecified atom stereocenters. The highest BCUT2D eigenvalue weighted by molar-refractivity contribution is 5.78. The molecular formula is C12H25N3O. The Bertz CT molecular complexity index is 230. The maximum Gasteiger partial charge on any atom is 0.234 e. The summed E-state index contributed by atoms with van der Waals surface area (Å²) in [7, 11) is 2.16. The molecule has 0 bridgehead atoms. The van der Waals surface area contributed by atoms with Crippen molar-refractivity contribution in [1.82, 2.24) is 15.5 Å². The van der Waals surface area contributed by atoms with Crippen LogP contribution in [0.3, 0.4) is 0 Å². The van der Waals surface area contributed by atoms with Crippen LogP contribution >= 0.6 is 0 Å². The van der Waals surface area contributed by atoms with Crippen LogP contribution in [-0.2, 0) is 4.79 Å². The summed E-state index contributed by atoms with van der Waals surface area (Å²) in [6.07, 6.45) is 2.27. The summed E-state index contributed by atoms with van der Waals surface area (Å²) in [6.45, 7) is 7.76. The van der Waals surface area contributed by atoms with Crippen LogP contribution in [0.4, 0.5) is 0 Å². The zero-order chi connectivity index (χ0) is 12.1. The lowest BCUT2D eigenvalue weighted by atomic mass is 9.99. The van der Waals surface area contributed by atoms with E-state index >= 15 is 0 Å². The van der Waals surface area contributed by atoms with Crippen LogP contribution in [0.15, 0.2) is 0 Å². The van der Waals surface area contributed by atoms with Crippen molar-refractivity contribution in [3.8, 4) is 0 Å². The van der Waals surface area contributed by atoms with E-state index < -0.39 is 0 Å². The van der Waals surface area contributed by atoms with Crippen LogP contribution in [0.25, 0.3) is 0 Å². The van der Waals surface area contributed by atoms with Crippen molar-refractivity contribution in [3.05, 3.63) is 0 Å². The number of nitrogens with zero attached hydrogens (tertiary/aromatic N) is 1. The first-order valence-corrected chi connectivity index (χ1v) is 6.22. The van der Waals surface area contributed by atoms with E-state index in [1.54, 1.807) is 0 Å². The smallest absolute Gasteiger partial charge is 0.234 e. The molecule has 1 aliphatic heterocycles. The van der Waals surface area contributed by atoms with E-state index in [0.717, 1.165) is 19.4 Å². The zero-order valence-electron chi connectivity index (χ0n) is 10.9. The van der Waals surface area contributed by atoms with Crippen LogP contribution in [-0.4, -0.2) is 49.1 Å². The molecular weight excluding hydrogens is 202 g/mol. The van der Waals surface area contributed by atoms with Crippen molar-refractivity contribution >= 4 is 5.91 Å². The molecule has 2 N–H and O–H groups in total. The molecule has 94 valence electrons. The molecule has 2 atom stereocenters. The SMILES string of the molecule is CC(C)NC(=O)CNC1CCN(C)C(C)C1. The Balaban J connectivity index is 2.20. The molecule has 1 fully saturated rings. The number of carbonyl (C=O) groups excluding carboxylic acids is 1. The van der Waals surface area contributed by atoms with Gasteiger partial charge in [0.05, 0.1) is 6.54 Å². The quantitative estimate of drug-likeness (QED) is 0.738. The van der Waals surface area contributed by atoms with Crippen molar-refractivity contribution < 1.29 is 4.79 Å². The summed E-state index contributed by atoms with van der Waals surface area (Å²) in [6, 6.07) is 1.33. The molecule has 0 aromatic heterocycles. The summed E-state index contributed by atoms with van der Waals surface area (Å²) >= 11 is 0. The lowest BCUT2D eigenvalue weighted by Gasteiger charge is -2.35. The fourth-order valence-corrected chi connectivity index (χ4v) is 2.08. The van der Waals surface area contributed by atoms with Gasteiger partial charge in [0.2, 0.25) is 5.91 Å². The predicted octanol–water partition coefficient (Wildman–Crippen LogP) is 0.583. The zero-order valence-corrected chi connectivity index (χ0v) is 10.9. The number of hydrogen-bond donors (Lipinski definition) is 2. The average Bonchev–Trinajstić information content (AvgIpc) is 2.19. The molecule has 0 spiro atoms. The second-order valence-corrected chi connectivity index (χ2v) is 5.15. The summed E-state index contributed by atoms with van der Waals surface area (Å²) in [5.74, 6) is 0.0987. The average molecular weight is 227 g/mol. The molecule has 0 saturated carbocycles. The normalized spacial score (nSPS) is 27.1. The van der Waals surface area contributed by atoms with Crippen LogP contribution in [0, 0.1) is 0 Å². The maximum absolute atomic E-state index is 11.5. The third-order valence-corrected chi connectivity index (χ3v) is 3.21. The topological polar surface area (TPSA) is 44.4 Å². The highest BCUT2D eigenvalue weighted by atomic mass is 16.1. The van der Waals surface area contributed by atoms with Crippen molar-refractivity contribution in [3.63, 3.8) is 0 Å². The Morgan fingerprint density at radius 3 is 2.75 bits per heavy atom. The first-order valence-electron chi connectivity index (χ1n) is 6.22. The van der Waals surface area contributed by atoms with Crippen molar-refractivity contribution in [2.75, 3.05) is 20.1 Å². The van der Waals surface area contributed by atoms with E-state index in [1.165, 1.54) is 0 Å². The highest BCUT2D eigenvalue weighted by Gasteiger charge is 2.22. The summed E-state index contributed by atoms with van der Waals surface area (Å²) in [4.78, 5) is 13.8. The van der Waals surface area contributed by atoms with E-state index in [1.807, 2.05) is 13.8 Å². The number of nitrogens with one attached hydrogen (secondary N) is 2. The second-order valence-electron chi connectivity index (χ2n) is 5.15. The van der Waals surface area contributed by atoms with Gasteiger partial charge >= 0.3 is 0 Å². The molecule has 1 heterocycles. The lowest BCUT2D eigenvalue weighted by Crippen LogP contribution is -2.48. The second kappa shape index (κ2) is 6.21. The Labute approximate surface area is 98.8 Å². The molecule has 4 heteroatoms. The highest BCUT2D eigenvalue weighted by Crippen LogP contribution is 2.14. The summed E-state index contributed by atoms with van der Waals surface area (Å²) < 4.78 is 0. The molecule has 1 amide bonds. The fraction of sp³-hybridized carbons (Fsp3) is 0.917. The standard InChI is InChI=1S/C12H25N3O/c1-9(2)14-12(16)8-13-11-5-6-15(4)10(3)7-11/h9-11,13H,5-8H2,1-4H3,(H,14,16). The first kappa shape index (κ1) is 13.5. The molecule has 4 nitrogen and oxygen atoms in total. The maximum atomic E-state index is 11.5. The number of carbonyl (C=O) groups is 1. The number of piperidine rings is 1. The molecule has 0 aromatic carbocycles. The van der Waals surface area contributed by atoms with Gasteiger partial charge < -0.3 is 15.5 Å². The minimum Gasteiger partial charge on any atom is -0.353 e. The van der Waals surface area contributed by atoms with E-state index in [2.05, 4.69) is 29.5 Å². The third-order valence-electron chi connectivity index (χ3n) is 3.21. The number of hydrogen-bond acceptors (Lipinski definition) is 3. The van der Waals surface area contributed by atoms with Gasteiger partial charge in [-0.25, -0.2) is 0 Å². The molecule has 1 rings (SSSR count). The number of amides is 1. The van der Waals surface area contributed by atoms with Crippen molar-refractivity contribution in [2.45, 2.75) is 51.7 Å². The van der Waals surface area contributed by atoms with E-state index in [9.17, 15) is 4.79 Å². The Morgan fingerprint density at radius 1 is 1.50 bits per heavy atom. The summed E-state index contributed by atoms with van der Waals surface area (Å²) in [5, 5.41) is 6.23. The van der Waals surface area contributed by atoms with Gasteiger partial charge in [0, 0.05) is 18.1 Å². The van der Waals surface area contributed by atoms with Crippen LogP contribution in [0.2, 0.25) is 0 Å². The lowest BCUT2D eigenvalue weighted by molar-refractivity contribution is -0.120. The van der Waals surface area contributed by atoms with Gasteiger partial charge in [-0.2, -0.15) is 0 Å². The van der Waals surface area contributed by atoms with Crippen LogP contribution < -0.4 is 10.6 Å². The van der Waals surface area contributed by atoms with Crippen LogP contribution in [0.1, 0.15) is 33.6 Å². The van der Waals surface area contributed by atoms with E-state index in [-0.39, 0.29) is 11.9 Å². The minimum absolute atomic E-state index is 0.0987. The predicted molar refractivity (Wildman–Crippen MR) is 66.4 cm³/mol. The number of rotatable bonds is 4. The number of likely N-dealkylation sites (tertiary alicyclic amines) is 1. The third kappa shape index (κ3) is 4.49. The van der Waals surface area contributed by atoms with Crippen LogP contribution in [0.5, 0.6) is 0 Å². The Hall–Kier alpha value is -0.610. The van der Waals surface area contributed by atoms with Crippen molar-refractivity contribution in [2.24, 2.45) is 0 Å². The molecule has 16 heavy (non-hydrogen) atoms. The first-order chi connectivity index (χ1) is 7.49.